The lowest BCUT2D eigenvalue weighted by atomic mass is 10.1. The Morgan fingerprint density at radius 1 is 1.18 bits per heavy atom. The van der Waals surface area contributed by atoms with Crippen LogP contribution in [0.4, 0.5) is 19.0 Å². The molecule has 0 aliphatic carbocycles. The second kappa shape index (κ2) is 8.08. The van der Waals surface area contributed by atoms with Crippen molar-refractivity contribution in [2.75, 3.05) is 18.0 Å². The number of nitrogens with one attached hydrogen (secondary N) is 1. The Balaban J connectivity index is 1.63. The number of pyridine rings is 1. The Bertz CT molecular complexity index is 898. The van der Waals surface area contributed by atoms with Crippen molar-refractivity contribution in [3.8, 4) is 0 Å². The Kier molecular flexibility index (Phi) is 5.95. The molecule has 152 valence electrons. The SMILES string of the molecule is CCCc1ccc(S(=O)(=O)NC2CCN(c3ccc(C(F)(F)F)cn3)C2)cc1. The van der Waals surface area contributed by atoms with E-state index >= 15 is 0 Å². The highest BCUT2D eigenvalue weighted by atomic mass is 32.2. The summed E-state index contributed by atoms with van der Waals surface area (Å²) in [6, 6.07) is 8.78. The van der Waals surface area contributed by atoms with Gasteiger partial charge >= 0.3 is 6.18 Å². The number of benzene rings is 1. The molecule has 0 amide bonds. The number of hydrogen-bond donors (Lipinski definition) is 1. The van der Waals surface area contributed by atoms with E-state index in [9.17, 15) is 21.6 Å². The van der Waals surface area contributed by atoms with Crippen LogP contribution in [0.5, 0.6) is 0 Å². The van der Waals surface area contributed by atoms with Crippen LogP contribution < -0.4 is 9.62 Å². The molecule has 1 aromatic heterocycles. The zero-order valence-corrected chi connectivity index (χ0v) is 16.2. The molecule has 2 heterocycles. The fraction of sp³-hybridized carbons (Fsp3) is 0.421. The van der Waals surface area contributed by atoms with Gasteiger partial charge in [0.05, 0.1) is 10.5 Å². The fourth-order valence-corrected chi connectivity index (χ4v) is 4.48. The first-order valence-corrected chi connectivity index (χ1v) is 10.6. The van der Waals surface area contributed by atoms with E-state index in [1.165, 1.54) is 6.07 Å². The van der Waals surface area contributed by atoms with E-state index in [-0.39, 0.29) is 10.9 Å². The average Bonchev–Trinajstić information content (AvgIpc) is 3.10. The van der Waals surface area contributed by atoms with Crippen LogP contribution in [-0.2, 0) is 22.6 Å². The Morgan fingerprint density at radius 3 is 2.46 bits per heavy atom. The van der Waals surface area contributed by atoms with Gasteiger partial charge in [-0.3, -0.25) is 0 Å². The molecule has 28 heavy (non-hydrogen) atoms. The molecule has 0 bridgehead atoms. The van der Waals surface area contributed by atoms with E-state index in [0.29, 0.717) is 25.3 Å². The molecule has 9 heteroatoms. The normalized spacial score (nSPS) is 17.9. The lowest BCUT2D eigenvalue weighted by Gasteiger charge is -2.18. The van der Waals surface area contributed by atoms with Crippen LogP contribution in [0.25, 0.3) is 0 Å². The molecule has 1 aromatic carbocycles. The van der Waals surface area contributed by atoms with E-state index in [4.69, 9.17) is 0 Å². The quantitative estimate of drug-likeness (QED) is 0.786. The number of nitrogens with zero attached hydrogens (tertiary/aromatic N) is 2. The summed E-state index contributed by atoms with van der Waals surface area (Å²) in [4.78, 5) is 5.85. The number of anilines is 1. The second-order valence-electron chi connectivity index (χ2n) is 6.85. The van der Waals surface area contributed by atoms with E-state index in [0.717, 1.165) is 30.7 Å². The third kappa shape index (κ3) is 4.82. The molecule has 1 N–H and O–H groups in total. The van der Waals surface area contributed by atoms with Crippen LogP contribution in [0.15, 0.2) is 47.5 Å². The second-order valence-corrected chi connectivity index (χ2v) is 8.56. The van der Waals surface area contributed by atoms with Gasteiger partial charge in [0.1, 0.15) is 5.82 Å². The van der Waals surface area contributed by atoms with Gasteiger partial charge in [0.25, 0.3) is 0 Å². The molecule has 1 atom stereocenters. The van der Waals surface area contributed by atoms with Gasteiger partial charge in [0.15, 0.2) is 0 Å². The minimum absolute atomic E-state index is 0.207. The number of hydrogen-bond acceptors (Lipinski definition) is 4. The first-order valence-electron chi connectivity index (χ1n) is 9.08. The van der Waals surface area contributed by atoms with Crippen molar-refractivity contribution in [1.29, 1.82) is 0 Å². The smallest absolute Gasteiger partial charge is 0.355 e. The first kappa shape index (κ1) is 20.6. The monoisotopic (exact) mass is 413 g/mol. The Morgan fingerprint density at radius 2 is 1.89 bits per heavy atom. The number of rotatable bonds is 6. The Hall–Kier alpha value is -2.13. The molecule has 2 aromatic rings. The number of aryl methyl sites for hydroxylation is 1. The molecule has 5 nitrogen and oxygen atoms in total. The standard InChI is InChI=1S/C19H22F3N3O2S/c1-2-3-14-4-7-17(8-5-14)28(26,27)24-16-10-11-25(13-16)18-9-6-15(12-23-18)19(20,21)22/h4-9,12,16,24H,2-3,10-11,13H2,1H3. The van der Waals surface area contributed by atoms with Crippen LogP contribution in [0.3, 0.4) is 0 Å². The Labute approximate surface area is 162 Å². The molecular weight excluding hydrogens is 391 g/mol. The molecule has 1 saturated heterocycles. The molecule has 1 aliphatic rings. The van der Waals surface area contributed by atoms with Crippen molar-refractivity contribution in [3.63, 3.8) is 0 Å². The summed E-state index contributed by atoms with van der Waals surface area (Å²) in [5, 5.41) is 0. The van der Waals surface area contributed by atoms with Gasteiger partial charge in [-0.15, -0.1) is 0 Å². The molecule has 0 spiro atoms. The predicted octanol–water partition coefficient (Wildman–Crippen LogP) is 3.61. The van der Waals surface area contributed by atoms with Crippen LogP contribution in [0.1, 0.15) is 30.9 Å². The van der Waals surface area contributed by atoms with E-state index < -0.39 is 21.8 Å². The van der Waals surface area contributed by atoms with Crippen molar-refractivity contribution >= 4 is 15.8 Å². The molecule has 1 unspecified atom stereocenters. The largest absolute Gasteiger partial charge is 0.417 e. The summed E-state index contributed by atoms with van der Waals surface area (Å²) in [5.41, 5.74) is 0.279. The lowest BCUT2D eigenvalue weighted by Crippen LogP contribution is -2.37. The maximum Gasteiger partial charge on any atom is 0.417 e. The van der Waals surface area contributed by atoms with Gasteiger partial charge in [0.2, 0.25) is 10.0 Å². The van der Waals surface area contributed by atoms with Crippen molar-refractivity contribution in [2.45, 2.75) is 43.3 Å². The van der Waals surface area contributed by atoms with Crippen LogP contribution in [0.2, 0.25) is 0 Å². The zero-order chi connectivity index (χ0) is 20.4. The highest BCUT2D eigenvalue weighted by Crippen LogP contribution is 2.30. The summed E-state index contributed by atoms with van der Waals surface area (Å²) >= 11 is 0. The summed E-state index contributed by atoms with van der Waals surface area (Å²) < 4.78 is 65.8. The maximum absolute atomic E-state index is 12.6. The van der Waals surface area contributed by atoms with Crippen molar-refractivity contribution in [2.24, 2.45) is 0 Å². The predicted molar refractivity (Wildman–Crippen MR) is 101 cm³/mol. The minimum atomic E-state index is -4.43. The highest BCUT2D eigenvalue weighted by molar-refractivity contribution is 7.89. The molecule has 1 fully saturated rings. The van der Waals surface area contributed by atoms with Gasteiger partial charge in [-0.05, 0) is 42.7 Å². The van der Waals surface area contributed by atoms with Crippen LogP contribution in [0, 0.1) is 0 Å². The van der Waals surface area contributed by atoms with Gasteiger partial charge < -0.3 is 4.90 Å². The molecule has 0 saturated carbocycles. The third-order valence-corrected chi connectivity index (χ3v) is 6.22. The zero-order valence-electron chi connectivity index (χ0n) is 15.4. The number of alkyl halides is 3. The highest BCUT2D eigenvalue weighted by Gasteiger charge is 2.32. The number of aromatic nitrogens is 1. The minimum Gasteiger partial charge on any atom is -0.355 e. The average molecular weight is 413 g/mol. The summed E-state index contributed by atoms with van der Waals surface area (Å²) in [6.07, 6.45) is -1.20. The van der Waals surface area contributed by atoms with Crippen molar-refractivity contribution in [3.05, 3.63) is 53.7 Å². The van der Waals surface area contributed by atoms with Crippen LogP contribution >= 0.6 is 0 Å². The third-order valence-electron chi connectivity index (χ3n) is 4.68. The summed E-state index contributed by atoms with van der Waals surface area (Å²) in [6.45, 7) is 2.93. The number of halogens is 3. The molecular formula is C19H22F3N3O2S. The topological polar surface area (TPSA) is 62.3 Å². The maximum atomic E-state index is 12.6. The molecule has 3 rings (SSSR count). The van der Waals surface area contributed by atoms with Crippen LogP contribution in [-0.4, -0.2) is 32.5 Å². The summed E-state index contributed by atoms with van der Waals surface area (Å²) in [7, 11) is -3.65. The summed E-state index contributed by atoms with van der Waals surface area (Å²) in [5.74, 6) is 0.401. The lowest BCUT2D eigenvalue weighted by molar-refractivity contribution is -0.137. The van der Waals surface area contributed by atoms with Crippen molar-refractivity contribution in [1.82, 2.24) is 9.71 Å². The van der Waals surface area contributed by atoms with Gasteiger partial charge in [0, 0.05) is 25.3 Å². The van der Waals surface area contributed by atoms with Gasteiger partial charge in [-0.1, -0.05) is 25.5 Å². The van der Waals surface area contributed by atoms with E-state index in [1.54, 1.807) is 17.0 Å². The van der Waals surface area contributed by atoms with E-state index in [1.807, 2.05) is 12.1 Å². The van der Waals surface area contributed by atoms with Crippen molar-refractivity contribution < 1.29 is 21.6 Å². The molecule has 0 radical (unpaired) electrons. The molecule has 1 aliphatic heterocycles. The number of sulfonamides is 1. The van der Waals surface area contributed by atoms with Gasteiger partial charge in [-0.2, -0.15) is 13.2 Å². The fourth-order valence-electron chi connectivity index (χ4n) is 3.22. The first-order chi connectivity index (χ1) is 13.2. The van der Waals surface area contributed by atoms with Gasteiger partial charge in [-0.25, -0.2) is 18.1 Å². The van der Waals surface area contributed by atoms with E-state index in [2.05, 4.69) is 16.6 Å².